The van der Waals surface area contributed by atoms with E-state index in [0.717, 1.165) is 0 Å². The predicted octanol–water partition coefficient (Wildman–Crippen LogP) is 1.50. The van der Waals surface area contributed by atoms with Crippen LogP contribution in [-0.4, -0.2) is 11.2 Å². The molecule has 0 spiro atoms. The summed E-state index contributed by atoms with van der Waals surface area (Å²) in [6.45, 7) is 5.37. The summed E-state index contributed by atoms with van der Waals surface area (Å²) >= 11 is 0. The molecule has 0 aromatic heterocycles. The quantitative estimate of drug-likeness (QED) is 0.548. The Morgan fingerprint density at radius 1 is 1.75 bits per heavy atom. The number of rotatable bonds is 3. The van der Waals surface area contributed by atoms with Gasteiger partial charge in [0.25, 0.3) is 0 Å². The van der Waals surface area contributed by atoms with Crippen molar-refractivity contribution in [2.24, 2.45) is 0 Å². The lowest BCUT2D eigenvalue weighted by molar-refractivity contribution is 0.227. The van der Waals surface area contributed by atoms with Crippen LogP contribution in [0.4, 0.5) is 0 Å². The van der Waals surface area contributed by atoms with Gasteiger partial charge in [0.2, 0.25) is 0 Å². The Kier molecular flexibility index (Phi) is 4.27. The fourth-order valence-electron chi connectivity index (χ4n) is 0.471. The van der Waals surface area contributed by atoms with Crippen LogP contribution in [0.5, 0.6) is 0 Å². The van der Waals surface area contributed by atoms with Gasteiger partial charge in [-0.05, 0) is 13.3 Å². The van der Waals surface area contributed by atoms with Gasteiger partial charge in [0.15, 0.2) is 0 Å². The zero-order valence-corrected chi connectivity index (χ0v) is 5.17. The van der Waals surface area contributed by atoms with E-state index in [0.29, 0.717) is 6.42 Å². The van der Waals surface area contributed by atoms with E-state index >= 15 is 0 Å². The Morgan fingerprint density at radius 3 is 2.75 bits per heavy atom. The van der Waals surface area contributed by atoms with Crippen molar-refractivity contribution in [1.82, 2.24) is 0 Å². The van der Waals surface area contributed by atoms with Gasteiger partial charge in [-0.25, -0.2) is 0 Å². The van der Waals surface area contributed by atoms with E-state index in [1.54, 1.807) is 12.2 Å². The fraction of sp³-hybridized carbons (Fsp3) is 0.429. The zero-order chi connectivity index (χ0) is 6.41. The molecule has 0 aliphatic rings. The first-order valence-electron chi connectivity index (χ1n) is 2.73. The van der Waals surface area contributed by atoms with Crippen molar-refractivity contribution in [3.05, 3.63) is 24.8 Å². The molecule has 0 saturated heterocycles. The number of hydrogen-bond donors (Lipinski definition) is 1. The summed E-state index contributed by atoms with van der Waals surface area (Å²) in [7, 11) is 0. The lowest BCUT2D eigenvalue weighted by Crippen LogP contribution is -1.97. The molecule has 0 amide bonds. The van der Waals surface area contributed by atoms with Crippen molar-refractivity contribution in [3.8, 4) is 0 Å². The molecule has 1 atom stereocenters. The molecule has 0 aliphatic heterocycles. The lowest BCUT2D eigenvalue weighted by atomic mass is 10.2. The van der Waals surface area contributed by atoms with Gasteiger partial charge >= 0.3 is 0 Å². The molecule has 0 aromatic rings. The molecular formula is C7H12O. The molecule has 0 fully saturated rings. The average molecular weight is 112 g/mol. The van der Waals surface area contributed by atoms with Crippen LogP contribution < -0.4 is 0 Å². The molecule has 0 rings (SSSR count). The molecule has 46 valence electrons. The summed E-state index contributed by atoms with van der Waals surface area (Å²) in [5.41, 5.74) is 0. The second-order valence-electron chi connectivity index (χ2n) is 1.62. The second kappa shape index (κ2) is 4.60. The number of hydrogen-bond acceptors (Lipinski definition) is 1. The van der Waals surface area contributed by atoms with E-state index in [1.807, 2.05) is 13.0 Å². The van der Waals surface area contributed by atoms with Crippen LogP contribution >= 0.6 is 0 Å². The van der Waals surface area contributed by atoms with Crippen molar-refractivity contribution < 1.29 is 5.11 Å². The molecule has 0 radical (unpaired) electrons. The molecule has 0 saturated carbocycles. The maximum absolute atomic E-state index is 8.89. The first-order chi connectivity index (χ1) is 3.81. The fourth-order valence-corrected chi connectivity index (χ4v) is 0.471. The van der Waals surface area contributed by atoms with Crippen LogP contribution in [0.2, 0.25) is 0 Å². The number of aliphatic hydroxyl groups is 1. The van der Waals surface area contributed by atoms with Crippen molar-refractivity contribution in [3.63, 3.8) is 0 Å². The van der Waals surface area contributed by atoms with E-state index in [1.165, 1.54) is 0 Å². The summed E-state index contributed by atoms with van der Waals surface area (Å²) in [6, 6.07) is 0. The molecule has 0 unspecified atom stereocenters. The van der Waals surface area contributed by atoms with E-state index in [9.17, 15) is 0 Å². The van der Waals surface area contributed by atoms with Crippen molar-refractivity contribution in [1.29, 1.82) is 0 Å². The van der Waals surface area contributed by atoms with Crippen molar-refractivity contribution in [2.45, 2.75) is 19.4 Å². The Bertz CT molecular complexity index is 84.4. The highest BCUT2D eigenvalue weighted by atomic mass is 16.3. The minimum atomic E-state index is -0.336. The molecule has 8 heavy (non-hydrogen) atoms. The minimum absolute atomic E-state index is 0.336. The van der Waals surface area contributed by atoms with Gasteiger partial charge in [0, 0.05) is 0 Å². The van der Waals surface area contributed by atoms with Crippen LogP contribution in [0.25, 0.3) is 0 Å². The Balaban J connectivity index is 3.31. The van der Waals surface area contributed by atoms with E-state index in [4.69, 9.17) is 5.11 Å². The monoisotopic (exact) mass is 112 g/mol. The highest BCUT2D eigenvalue weighted by Crippen LogP contribution is 1.92. The zero-order valence-electron chi connectivity index (χ0n) is 5.17. The highest BCUT2D eigenvalue weighted by molar-refractivity contribution is 4.89. The first kappa shape index (κ1) is 7.44. The highest BCUT2D eigenvalue weighted by Gasteiger charge is 1.90. The SMILES string of the molecule is C=CC[C@@H](O)/C=C/C. The molecule has 1 nitrogen and oxygen atoms in total. The average Bonchev–Trinajstić information content (AvgIpc) is 1.68. The van der Waals surface area contributed by atoms with Crippen LogP contribution in [0.15, 0.2) is 24.8 Å². The summed E-state index contributed by atoms with van der Waals surface area (Å²) in [4.78, 5) is 0. The Morgan fingerprint density at radius 2 is 2.38 bits per heavy atom. The molecular weight excluding hydrogens is 100 g/mol. The largest absolute Gasteiger partial charge is 0.389 e. The molecule has 0 heterocycles. The van der Waals surface area contributed by atoms with Gasteiger partial charge in [-0.2, -0.15) is 0 Å². The van der Waals surface area contributed by atoms with Crippen molar-refractivity contribution in [2.75, 3.05) is 0 Å². The van der Waals surface area contributed by atoms with Crippen LogP contribution in [-0.2, 0) is 0 Å². The second-order valence-corrected chi connectivity index (χ2v) is 1.62. The van der Waals surface area contributed by atoms with E-state index < -0.39 is 0 Å². The molecule has 1 N–H and O–H groups in total. The molecule has 0 bridgehead atoms. The van der Waals surface area contributed by atoms with Crippen LogP contribution in [0, 0.1) is 0 Å². The third-order valence-electron chi connectivity index (χ3n) is 0.823. The van der Waals surface area contributed by atoms with Gasteiger partial charge in [0.05, 0.1) is 6.10 Å². The lowest BCUT2D eigenvalue weighted by Gasteiger charge is -1.96. The topological polar surface area (TPSA) is 20.2 Å². The van der Waals surface area contributed by atoms with Gasteiger partial charge in [-0.1, -0.05) is 18.2 Å². The third kappa shape index (κ3) is 3.62. The molecule has 1 heteroatoms. The first-order valence-corrected chi connectivity index (χ1v) is 2.73. The summed E-state index contributed by atoms with van der Waals surface area (Å²) < 4.78 is 0. The number of aliphatic hydroxyl groups excluding tert-OH is 1. The van der Waals surface area contributed by atoms with Gasteiger partial charge in [-0.15, -0.1) is 6.58 Å². The number of allylic oxidation sites excluding steroid dienone is 1. The van der Waals surface area contributed by atoms with E-state index in [2.05, 4.69) is 6.58 Å². The molecule has 0 aliphatic carbocycles. The summed E-state index contributed by atoms with van der Waals surface area (Å²) in [6.07, 6.45) is 5.57. The van der Waals surface area contributed by atoms with Gasteiger partial charge in [-0.3, -0.25) is 0 Å². The third-order valence-corrected chi connectivity index (χ3v) is 0.823. The van der Waals surface area contributed by atoms with Gasteiger partial charge in [0.1, 0.15) is 0 Å². The standard InChI is InChI=1S/C7H12O/c1-3-5-7(8)6-4-2/h3-4,6-8H,1,5H2,2H3/b6-4+/t7-/m1/s1. The Labute approximate surface area is 50.3 Å². The maximum Gasteiger partial charge on any atom is 0.0755 e. The van der Waals surface area contributed by atoms with E-state index in [-0.39, 0.29) is 6.10 Å². The predicted molar refractivity (Wildman–Crippen MR) is 35.6 cm³/mol. The summed E-state index contributed by atoms with van der Waals surface area (Å²) in [5, 5.41) is 8.89. The van der Waals surface area contributed by atoms with Crippen LogP contribution in [0.3, 0.4) is 0 Å². The van der Waals surface area contributed by atoms with Gasteiger partial charge < -0.3 is 5.11 Å². The smallest absolute Gasteiger partial charge is 0.0755 e. The molecule has 0 aromatic carbocycles. The Hall–Kier alpha value is -0.560. The van der Waals surface area contributed by atoms with Crippen LogP contribution in [0.1, 0.15) is 13.3 Å². The normalized spacial score (nSPS) is 14.2. The maximum atomic E-state index is 8.89. The van der Waals surface area contributed by atoms with Crippen molar-refractivity contribution >= 4 is 0 Å². The summed E-state index contributed by atoms with van der Waals surface area (Å²) in [5.74, 6) is 0. The minimum Gasteiger partial charge on any atom is -0.389 e.